The lowest BCUT2D eigenvalue weighted by atomic mass is 10.1. The van der Waals surface area contributed by atoms with Crippen molar-refractivity contribution in [3.63, 3.8) is 0 Å². The molecular weight excluding hydrogens is 217 g/mol. The van der Waals surface area contributed by atoms with Crippen LogP contribution in [0.5, 0.6) is 0 Å². The number of nitrogens with zero attached hydrogens (tertiary/aromatic N) is 2. The SMILES string of the molecule is Cc1ccc(NC(C)c2cnn(C)c2)c(F)c1. The van der Waals surface area contributed by atoms with Gasteiger partial charge in [0.15, 0.2) is 0 Å². The fourth-order valence-corrected chi connectivity index (χ4v) is 1.72. The highest BCUT2D eigenvalue weighted by Gasteiger charge is 2.09. The topological polar surface area (TPSA) is 29.9 Å². The molecule has 1 heterocycles. The highest BCUT2D eigenvalue weighted by atomic mass is 19.1. The third-order valence-electron chi connectivity index (χ3n) is 2.72. The molecule has 0 aliphatic heterocycles. The van der Waals surface area contributed by atoms with Crippen molar-refractivity contribution in [2.75, 3.05) is 5.32 Å². The number of hydrogen-bond donors (Lipinski definition) is 1. The Balaban J connectivity index is 2.15. The number of anilines is 1. The summed E-state index contributed by atoms with van der Waals surface area (Å²) in [6.07, 6.45) is 3.70. The minimum absolute atomic E-state index is 0.0286. The molecule has 0 saturated carbocycles. The molecule has 0 aliphatic rings. The second kappa shape index (κ2) is 4.57. The molecule has 0 aliphatic carbocycles. The van der Waals surface area contributed by atoms with Gasteiger partial charge >= 0.3 is 0 Å². The van der Waals surface area contributed by atoms with E-state index in [4.69, 9.17) is 0 Å². The molecule has 0 saturated heterocycles. The normalized spacial score (nSPS) is 12.5. The maximum atomic E-state index is 13.6. The number of benzene rings is 1. The molecule has 90 valence electrons. The monoisotopic (exact) mass is 233 g/mol. The summed E-state index contributed by atoms with van der Waals surface area (Å²) in [5.74, 6) is -0.222. The summed E-state index contributed by atoms with van der Waals surface area (Å²) in [6.45, 7) is 3.85. The summed E-state index contributed by atoms with van der Waals surface area (Å²) in [7, 11) is 1.86. The van der Waals surface area contributed by atoms with Crippen LogP contribution in [0.25, 0.3) is 0 Å². The highest BCUT2D eigenvalue weighted by Crippen LogP contribution is 2.21. The van der Waals surface area contributed by atoms with Gasteiger partial charge < -0.3 is 5.32 Å². The van der Waals surface area contributed by atoms with Crippen LogP contribution < -0.4 is 5.32 Å². The van der Waals surface area contributed by atoms with Crippen molar-refractivity contribution < 1.29 is 4.39 Å². The minimum Gasteiger partial charge on any atom is -0.376 e. The van der Waals surface area contributed by atoms with Gasteiger partial charge in [0, 0.05) is 18.8 Å². The van der Waals surface area contributed by atoms with E-state index in [-0.39, 0.29) is 11.9 Å². The molecule has 4 heteroatoms. The van der Waals surface area contributed by atoms with Crippen molar-refractivity contribution in [1.29, 1.82) is 0 Å². The van der Waals surface area contributed by atoms with Crippen LogP contribution in [0.2, 0.25) is 0 Å². The van der Waals surface area contributed by atoms with E-state index >= 15 is 0 Å². The summed E-state index contributed by atoms with van der Waals surface area (Å²) in [4.78, 5) is 0. The molecule has 0 spiro atoms. The van der Waals surface area contributed by atoms with E-state index in [9.17, 15) is 4.39 Å². The van der Waals surface area contributed by atoms with Crippen molar-refractivity contribution >= 4 is 5.69 Å². The number of aryl methyl sites for hydroxylation is 2. The molecule has 3 nitrogen and oxygen atoms in total. The first kappa shape index (κ1) is 11.6. The third kappa shape index (κ3) is 2.64. The molecule has 0 amide bonds. The Labute approximate surface area is 100 Å². The van der Waals surface area contributed by atoms with Crippen LogP contribution in [0.3, 0.4) is 0 Å². The van der Waals surface area contributed by atoms with E-state index in [0.29, 0.717) is 5.69 Å². The lowest BCUT2D eigenvalue weighted by molar-refractivity contribution is 0.626. The van der Waals surface area contributed by atoms with Crippen LogP contribution in [-0.4, -0.2) is 9.78 Å². The van der Waals surface area contributed by atoms with Crippen molar-refractivity contribution in [3.8, 4) is 0 Å². The van der Waals surface area contributed by atoms with Gasteiger partial charge in [-0.2, -0.15) is 5.10 Å². The van der Waals surface area contributed by atoms with E-state index in [1.165, 1.54) is 6.07 Å². The summed E-state index contributed by atoms with van der Waals surface area (Å²) in [5.41, 5.74) is 2.47. The zero-order chi connectivity index (χ0) is 12.4. The Bertz CT molecular complexity index is 519. The van der Waals surface area contributed by atoms with E-state index in [0.717, 1.165) is 11.1 Å². The minimum atomic E-state index is -0.222. The van der Waals surface area contributed by atoms with E-state index in [2.05, 4.69) is 10.4 Å². The number of nitrogens with one attached hydrogen (secondary N) is 1. The van der Waals surface area contributed by atoms with Crippen molar-refractivity contribution in [2.24, 2.45) is 7.05 Å². The lowest BCUT2D eigenvalue weighted by Gasteiger charge is -2.14. The van der Waals surface area contributed by atoms with Crippen molar-refractivity contribution in [3.05, 3.63) is 47.5 Å². The van der Waals surface area contributed by atoms with Gasteiger partial charge in [-0.15, -0.1) is 0 Å². The molecule has 1 N–H and O–H groups in total. The smallest absolute Gasteiger partial charge is 0.146 e. The Hall–Kier alpha value is -1.84. The quantitative estimate of drug-likeness (QED) is 0.883. The maximum absolute atomic E-state index is 13.6. The van der Waals surface area contributed by atoms with Crippen LogP contribution in [0.1, 0.15) is 24.1 Å². The van der Waals surface area contributed by atoms with Crippen LogP contribution in [0.15, 0.2) is 30.6 Å². The molecule has 1 unspecified atom stereocenters. The number of hydrogen-bond acceptors (Lipinski definition) is 2. The van der Waals surface area contributed by atoms with Gasteiger partial charge in [-0.3, -0.25) is 4.68 Å². The lowest BCUT2D eigenvalue weighted by Crippen LogP contribution is -2.07. The Morgan fingerprint density at radius 3 is 2.76 bits per heavy atom. The first-order chi connectivity index (χ1) is 8.06. The zero-order valence-electron chi connectivity index (χ0n) is 10.2. The van der Waals surface area contributed by atoms with Crippen molar-refractivity contribution in [2.45, 2.75) is 19.9 Å². The fraction of sp³-hybridized carbons (Fsp3) is 0.308. The number of rotatable bonds is 3. The molecular formula is C13H16FN3. The third-order valence-corrected chi connectivity index (χ3v) is 2.72. The highest BCUT2D eigenvalue weighted by molar-refractivity contribution is 5.47. The molecule has 17 heavy (non-hydrogen) atoms. The second-order valence-electron chi connectivity index (χ2n) is 4.30. The van der Waals surface area contributed by atoms with Gasteiger partial charge in [0.05, 0.1) is 17.9 Å². The first-order valence-electron chi connectivity index (χ1n) is 5.57. The number of halogens is 1. The average molecular weight is 233 g/mol. The molecule has 1 aromatic heterocycles. The summed E-state index contributed by atoms with van der Waals surface area (Å²) in [6, 6.07) is 5.21. The maximum Gasteiger partial charge on any atom is 0.146 e. The Kier molecular flexibility index (Phi) is 3.13. The first-order valence-corrected chi connectivity index (χ1v) is 5.57. The van der Waals surface area contributed by atoms with Crippen molar-refractivity contribution in [1.82, 2.24) is 9.78 Å². The van der Waals surface area contributed by atoms with Gasteiger partial charge in [-0.1, -0.05) is 6.07 Å². The Morgan fingerprint density at radius 2 is 2.18 bits per heavy atom. The van der Waals surface area contributed by atoms with Crippen LogP contribution in [0, 0.1) is 12.7 Å². The molecule has 2 aromatic rings. The molecule has 0 radical (unpaired) electrons. The van der Waals surface area contributed by atoms with E-state index < -0.39 is 0 Å². The fourth-order valence-electron chi connectivity index (χ4n) is 1.72. The zero-order valence-corrected chi connectivity index (χ0v) is 10.2. The van der Waals surface area contributed by atoms with Crippen LogP contribution >= 0.6 is 0 Å². The molecule has 0 fully saturated rings. The van der Waals surface area contributed by atoms with Crippen LogP contribution in [-0.2, 0) is 7.05 Å². The molecule has 2 rings (SSSR count). The summed E-state index contributed by atoms with van der Waals surface area (Å²) >= 11 is 0. The predicted octanol–water partition coefficient (Wildman–Crippen LogP) is 3.04. The summed E-state index contributed by atoms with van der Waals surface area (Å²) < 4.78 is 15.4. The molecule has 1 atom stereocenters. The average Bonchev–Trinajstić information content (AvgIpc) is 2.69. The van der Waals surface area contributed by atoms with Gasteiger partial charge in [0.25, 0.3) is 0 Å². The second-order valence-corrected chi connectivity index (χ2v) is 4.30. The molecule has 1 aromatic carbocycles. The Morgan fingerprint density at radius 1 is 1.41 bits per heavy atom. The number of aromatic nitrogens is 2. The van der Waals surface area contributed by atoms with Gasteiger partial charge in [-0.25, -0.2) is 4.39 Å². The predicted molar refractivity (Wildman–Crippen MR) is 66.4 cm³/mol. The standard InChI is InChI=1S/C13H16FN3/c1-9-4-5-13(12(14)6-9)16-10(2)11-7-15-17(3)8-11/h4-8,10,16H,1-3H3. The van der Waals surface area contributed by atoms with Gasteiger partial charge in [0.1, 0.15) is 5.82 Å². The molecule has 0 bridgehead atoms. The summed E-state index contributed by atoms with van der Waals surface area (Å²) in [5, 5.41) is 7.24. The van der Waals surface area contributed by atoms with Gasteiger partial charge in [-0.05, 0) is 31.5 Å². The van der Waals surface area contributed by atoms with Gasteiger partial charge in [0.2, 0.25) is 0 Å². The van der Waals surface area contributed by atoms with E-state index in [1.807, 2.05) is 33.2 Å². The van der Waals surface area contributed by atoms with E-state index in [1.54, 1.807) is 16.9 Å². The largest absolute Gasteiger partial charge is 0.376 e. The van der Waals surface area contributed by atoms with Crippen LogP contribution in [0.4, 0.5) is 10.1 Å².